The van der Waals surface area contributed by atoms with Crippen molar-refractivity contribution in [2.24, 2.45) is 0 Å². The number of rotatable bonds is 8. The number of nitrogens with zero attached hydrogens (tertiary/aromatic N) is 3. The minimum absolute atomic E-state index is 0.0639. The predicted molar refractivity (Wildman–Crippen MR) is 122 cm³/mol. The van der Waals surface area contributed by atoms with Gasteiger partial charge in [-0.15, -0.1) is 11.8 Å². The maximum Gasteiger partial charge on any atom is 0.229 e. The van der Waals surface area contributed by atoms with Crippen LogP contribution in [0.4, 0.5) is 9.52 Å². The Kier molecular flexibility index (Phi) is 7.27. The van der Waals surface area contributed by atoms with E-state index < -0.39 is 0 Å². The monoisotopic (exact) mass is 431 g/mol. The lowest BCUT2D eigenvalue weighted by molar-refractivity contribution is -0.118. The molecular weight excluding hydrogens is 405 g/mol. The summed E-state index contributed by atoms with van der Waals surface area (Å²) < 4.78 is 14.1. The summed E-state index contributed by atoms with van der Waals surface area (Å²) in [7, 11) is 4.00. The fourth-order valence-corrected chi connectivity index (χ4v) is 4.76. The molecule has 7 heteroatoms. The average molecular weight is 432 g/mol. The fraction of sp³-hybridized carbons (Fsp3) is 0.364. The minimum Gasteiger partial charge on any atom is -0.308 e. The minimum atomic E-state index is -0.249. The van der Waals surface area contributed by atoms with Gasteiger partial charge in [0.25, 0.3) is 0 Å². The van der Waals surface area contributed by atoms with Crippen LogP contribution in [-0.2, 0) is 4.79 Å². The Labute approximate surface area is 179 Å². The summed E-state index contributed by atoms with van der Waals surface area (Å²) in [4.78, 5) is 22.6. The molecule has 3 aromatic rings. The highest BCUT2D eigenvalue weighted by atomic mass is 32.2. The highest BCUT2D eigenvalue weighted by Gasteiger charge is 2.20. The Bertz CT molecular complexity index is 947. The Morgan fingerprint density at radius 2 is 1.79 bits per heavy atom. The van der Waals surface area contributed by atoms with Gasteiger partial charge in [-0.3, -0.25) is 9.69 Å². The van der Waals surface area contributed by atoms with Gasteiger partial charge in [-0.25, -0.2) is 9.37 Å². The summed E-state index contributed by atoms with van der Waals surface area (Å²) in [5.41, 5.74) is 3.38. The number of thioether (sulfide) groups is 1. The molecule has 0 spiro atoms. The third-order valence-corrected chi connectivity index (χ3v) is 6.75. The molecule has 0 aliphatic rings. The number of aromatic nitrogens is 1. The molecule has 0 atom stereocenters. The first-order valence-electron chi connectivity index (χ1n) is 9.55. The second kappa shape index (κ2) is 9.69. The second-order valence-electron chi connectivity index (χ2n) is 7.30. The number of aryl methyl sites for hydroxylation is 2. The van der Waals surface area contributed by atoms with Crippen molar-refractivity contribution in [3.05, 3.63) is 53.3 Å². The van der Waals surface area contributed by atoms with E-state index in [0.29, 0.717) is 18.7 Å². The molecule has 0 aliphatic heterocycles. The van der Waals surface area contributed by atoms with E-state index in [2.05, 4.69) is 30.9 Å². The van der Waals surface area contributed by atoms with Crippen LogP contribution in [0.2, 0.25) is 0 Å². The first-order chi connectivity index (χ1) is 13.8. The largest absolute Gasteiger partial charge is 0.308 e. The molecule has 154 valence electrons. The van der Waals surface area contributed by atoms with Crippen molar-refractivity contribution in [1.82, 2.24) is 9.88 Å². The quantitative estimate of drug-likeness (QED) is 0.463. The molecule has 0 saturated carbocycles. The summed E-state index contributed by atoms with van der Waals surface area (Å²) in [6, 6.07) is 10.6. The Morgan fingerprint density at radius 1 is 1.10 bits per heavy atom. The van der Waals surface area contributed by atoms with Crippen LogP contribution in [0.15, 0.2) is 41.3 Å². The van der Waals surface area contributed by atoms with Crippen LogP contribution in [0.5, 0.6) is 0 Å². The lowest BCUT2D eigenvalue weighted by atomic mass is 10.1. The van der Waals surface area contributed by atoms with Crippen molar-refractivity contribution in [1.29, 1.82) is 0 Å². The predicted octanol–water partition coefficient (Wildman–Crippen LogP) is 5.13. The van der Waals surface area contributed by atoms with Crippen molar-refractivity contribution in [2.75, 3.05) is 37.8 Å². The van der Waals surface area contributed by atoms with E-state index in [0.717, 1.165) is 26.8 Å². The average Bonchev–Trinajstić information content (AvgIpc) is 3.06. The third kappa shape index (κ3) is 5.78. The highest BCUT2D eigenvalue weighted by Crippen LogP contribution is 2.31. The SMILES string of the molecule is Cc1cc2nc(N(CCN(C)C)C(=O)CCSc3ccc(F)cc3)sc2cc1C. The molecule has 29 heavy (non-hydrogen) atoms. The van der Waals surface area contributed by atoms with Crippen LogP contribution in [0.1, 0.15) is 17.5 Å². The van der Waals surface area contributed by atoms with Gasteiger partial charge in [-0.05, 0) is 75.5 Å². The molecule has 0 aliphatic carbocycles. The zero-order chi connectivity index (χ0) is 21.0. The van der Waals surface area contributed by atoms with E-state index >= 15 is 0 Å². The molecule has 2 aromatic carbocycles. The van der Waals surface area contributed by atoms with Gasteiger partial charge in [0.1, 0.15) is 5.82 Å². The van der Waals surface area contributed by atoms with Crippen LogP contribution < -0.4 is 4.90 Å². The zero-order valence-corrected chi connectivity index (χ0v) is 18.9. The molecule has 0 fully saturated rings. The van der Waals surface area contributed by atoms with E-state index in [1.165, 1.54) is 23.3 Å². The van der Waals surface area contributed by atoms with Gasteiger partial charge in [0, 0.05) is 30.2 Å². The van der Waals surface area contributed by atoms with Crippen LogP contribution in [0.3, 0.4) is 0 Å². The summed E-state index contributed by atoms with van der Waals surface area (Å²) >= 11 is 3.13. The third-order valence-electron chi connectivity index (χ3n) is 4.69. The van der Waals surface area contributed by atoms with E-state index in [1.54, 1.807) is 40.1 Å². The van der Waals surface area contributed by atoms with E-state index in [4.69, 9.17) is 4.98 Å². The highest BCUT2D eigenvalue weighted by molar-refractivity contribution is 7.99. The lowest BCUT2D eigenvalue weighted by Gasteiger charge is -2.22. The molecule has 0 bridgehead atoms. The van der Waals surface area contributed by atoms with Crippen LogP contribution in [0, 0.1) is 19.7 Å². The standard InChI is InChI=1S/C22H26FN3OS2/c1-15-13-19-20(14-16(15)2)29-22(24-19)26(11-10-25(3)4)21(27)9-12-28-18-7-5-17(23)6-8-18/h5-8,13-14H,9-12H2,1-4H3. The molecule has 0 N–H and O–H groups in total. The number of fused-ring (bicyclic) bond motifs is 1. The van der Waals surface area contributed by atoms with E-state index in [9.17, 15) is 9.18 Å². The number of anilines is 1. The van der Waals surface area contributed by atoms with Gasteiger partial charge < -0.3 is 4.90 Å². The maximum atomic E-state index is 13.0. The number of hydrogen-bond donors (Lipinski definition) is 0. The number of thiazole rings is 1. The van der Waals surface area contributed by atoms with Crippen molar-refractivity contribution in [2.45, 2.75) is 25.2 Å². The molecule has 4 nitrogen and oxygen atoms in total. The molecule has 1 heterocycles. The van der Waals surface area contributed by atoms with Gasteiger partial charge in [0.05, 0.1) is 10.2 Å². The zero-order valence-electron chi connectivity index (χ0n) is 17.2. The number of amides is 1. The van der Waals surface area contributed by atoms with E-state index in [-0.39, 0.29) is 11.7 Å². The normalized spacial score (nSPS) is 11.4. The Morgan fingerprint density at radius 3 is 2.48 bits per heavy atom. The summed E-state index contributed by atoms with van der Waals surface area (Å²) in [6.07, 6.45) is 0.406. The number of halogens is 1. The molecule has 1 aromatic heterocycles. The number of carbonyl (C=O) groups excluding carboxylic acids is 1. The smallest absolute Gasteiger partial charge is 0.229 e. The molecule has 0 saturated heterocycles. The molecule has 3 rings (SSSR count). The van der Waals surface area contributed by atoms with Crippen molar-refractivity contribution < 1.29 is 9.18 Å². The number of benzene rings is 2. The fourth-order valence-electron chi connectivity index (χ4n) is 2.83. The summed E-state index contributed by atoms with van der Waals surface area (Å²) in [5.74, 6) is 0.460. The number of hydrogen-bond acceptors (Lipinski definition) is 5. The van der Waals surface area contributed by atoms with Gasteiger partial charge >= 0.3 is 0 Å². The molecule has 0 unspecified atom stereocenters. The molecule has 1 amide bonds. The Balaban J connectivity index is 1.73. The summed E-state index contributed by atoms with van der Waals surface area (Å²) in [5, 5.41) is 0.753. The molecular formula is C22H26FN3OS2. The van der Waals surface area contributed by atoms with Crippen LogP contribution in [0.25, 0.3) is 10.2 Å². The number of carbonyl (C=O) groups is 1. The molecule has 0 radical (unpaired) electrons. The second-order valence-corrected chi connectivity index (χ2v) is 9.48. The first kappa shape index (κ1) is 21.7. The van der Waals surface area contributed by atoms with Crippen molar-refractivity contribution >= 4 is 44.4 Å². The summed E-state index contributed by atoms with van der Waals surface area (Å²) in [6.45, 7) is 5.54. The maximum absolute atomic E-state index is 13.0. The van der Waals surface area contributed by atoms with Gasteiger partial charge in [0.2, 0.25) is 5.91 Å². The van der Waals surface area contributed by atoms with Crippen LogP contribution >= 0.6 is 23.1 Å². The van der Waals surface area contributed by atoms with Crippen molar-refractivity contribution in [3.63, 3.8) is 0 Å². The van der Waals surface area contributed by atoms with Gasteiger partial charge in [0.15, 0.2) is 5.13 Å². The van der Waals surface area contributed by atoms with E-state index in [1.807, 2.05) is 14.1 Å². The lowest BCUT2D eigenvalue weighted by Crippen LogP contribution is -2.36. The van der Waals surface area contributed by atoms with Gasteiger partial charge in [-0.2, -0.15) is 0 Å². The first-order valence-corrected chi connectivity index (χ1v) is 11.3. The van der Waals surface area contributed by atoms with Crippen molar-refractivity contribution in [3.8, 4) is 0 Å². The van der Waals surface area contributed by atoms with Gasteiger partial charge in [-0.1, -0.05) is 11.3 Å². The Hall–Kier alpha value is -1.96. The van der Waals surface area contributed by atoms with Crippen LogP contribution in [-0.4, -0.2) is 48.7 Å². The topological polar surface area (TPSA) is 36.4 Å². The number of likely N-dealkylation sites (N-methyl/N-ethyl adjacent to an activating group) is 1.